The highest BCUT2D eigenvalue weighted by Crippen LogP contribution is 2.68. The Morgan fingerprint density at radius 2 is 1.09 bits per heavy atom. The number of ether oxygens (including phenoxy) is 2. The lowest BCUT2D eigenvalue weighted by Crippen LogP contribution is -2.17. The number of hydrogen-bond acceptors (Lipinski definition) is 5. The van der Waals surface area contributed by atoms with Crippen LogP contribution >= 0.6 is 0 Å². The van der Waals surface area contributed by atoms with Crippen LogP contribution in [0.4, 0.5) is 26.3 Å². The van der Waals surface area contributed by atoms with Gasteiger partial charge in [-0.1, -0.05) is 48.5 Å². The molecule has 0 spiro atoms. The summed E-state index contributed by atoms with van der Waals surface area (Å²) in [7, 11) is 0. The number of hydrogen-bond donors (Lipinski definition) is 0. The third kappa shape index (κ3) is 4.85. The zero-order chi connectivity index (χ0) is 31.4. The van der Waals surface area contributed by atoms with Crippen LogP contribution in [0.5, 0.6) is 11.5 Å². The summed E-state index contributed by atoms with van der Waals surface area (Å²) in [5, 5.41) is 31.5. The molecular weight excluding hydrogens is 584 g/mol. The Balaban J connectivity index is 1.59. The molecule has 11 heteroatoms. The van der Waals surface area contributed by atoms with Crippen LogP contribution in [-0.4, -0.2) is 12.7 Å². The van der Waals surface area contributed by atoms with Crippen molar-refractivity contribution in [2.75, 3.05) is 0 Å². The quantitative estimate of drug-likeness (QED) is 0.173. The third-order valence-corrected chi connectivity index (χ3v) is 8.18. The predicted octanol–water partition coefficient (Wildman–Crippen LogP) is 8.61. The molecule has 0 saturated heterocycles. The molecule has 44 heavy (non-hydrogen) atoms. The van der Waals surface area contributed by atoms with Gasteiger partial charge in [0.1, 0.15) is 29.2 Å². The van der Waals surface area contributed by atoms with E-state index in [4.69, 9.17) is 0 Å². The van der Waals surface area contributed by atoms with Gasteiger partial charge in [-0.2, -0.15) is 15.8 Å². The second-order valence-electron chi connectivity index (χ2n) is 10.4. The fraction of sp³-hybridized carbons (Fsp3) is 0.182. The first-order valence-electron chi connectivity index (χ1n) is 13.2. The largest absolute Gasteiger partial charge is 0.573 e. The molecule has 4 unspecified atom stereocenters. The summed E-state index contributed by atoms with van der Waals surface area (Å²) in [6.45, 7) is 0. The van der Waals surface area contributed by atoms with E-state index in [1.807, 2.05) is 30.3 Å². The molecule has 0 N–H and O–H groups in total. The number of allylic oxidation sites excluding steroid dienone is 2. The molecular formula is C33H17F6N3O2. The fourth-order valence-electron chi connectivity index (χ4n) is 6.85. The summed E-state index contributed by atoms with van der Waals surface area (Å²) < 4.78 is 85.4. The molecule has 0 heterocycles. The Bertz CT molecular complexity index is 1850. The monoisotopic (exact) mass is 601 g/mol. The lowest BCUT2D eigenvalue weighted by Gasteiger charge is -2.23. The van der Waals surface area contributed by atoms with E-state index in [0.717, 1.165) is 40.8 Å². The second-order valence-corrected chi connectivity index (χ2v) is 10.4. The van der Waals surface area contributed by atoms with Gasteiger partial charge in [0.05, 0.1) is 11.6 Å². The first kappa shape index (κ1) is 28.6. The Labute approximate surface area is 246 Å². The highest BCUT2D eigenvalue weighted by molar-refractivity contribution is 5.97. The fourth-order valence-corrected chi connectivity index (χ4v) is 6.85. The van der Waals surface area contributed by atoms with Crippen LogP contribution in [-0.2, 0) is 0 Å². The predicted molar refractivity (Wildman–Crippen MR) is 144 cm³/mol. The Kier molecular flexibility index (Phi) is 6.74. The van der Waals surface area contributed by atoms with Crippen molar-refractivity contribution in [1.82, 2.24) is 0 Å². The molecule has 5 nitrogen and oxygen atoms in total. The summed E-state index contributed by atoms with van der Waals surface area (Å²) in [6, 6.07) is 25.5. The molecule has 1 fully saturated rings. The van der Waals surface area contributed by atoms with Crippen LogP contribution in [0.2, 0.25) is 0 Å². The average molecular weight is 602 g/mol. The molecule has 0 amide bonds. The standard InChI is InChI=1S/C33H17F6N3O2/c34-32(35,36)43-21-9-4-17(5-10-21)26-28(20(15-41)16-42)27(18-6-11-22(12-7-18)44-33(37,38)39)31-25-13-8-19(14-40)23-2-1-3-24(29(23)25)30(26)31/h1-13,26-27,30-31H. The minimum atomic E-state index is -4.91. The maximum absolute atomic E-state index is 12.9. The van der Waals surface area contributed by atoms with Gasteiger partial charge in [0.25, 0.3) is 0 Å². The normalized spacial score (nSPS) is 20.4. The minimum Gasteiger partial charge on any atom is -0.406 e. The third-order valence-electron chi connectivity index (χ3n) is 8.18. The van der Waals surface area contributed by atoms with Gasteiger partial charge < -0.3 is 9.47 Å². The first-order chi connectivity index (χ1) is 20.9. The van der Waals surface area contributed by atoms with Crippen LogP contribution in [0.3, 0.4) is 0 Å². The zero-order valence-corrected chi connectivity index (χ0v) is 22.2. The number of halogens is 6. The summed E-state index contributed by atoms with van der Waals surface area (Å²) in [6.07, 6.45) is -9.82. The van der Waals surface area contributed by atoms with E-state index >= 15 is 0 Å². The molecule has 4 atom stereocenters. The maximum Gasteiger partial charge on any atom is 0.573 e. The van der Waals surface area contributed by atoms with Crippen molar-refractivity contribution >= 4 is 10.8 Å². The summed E-state index contributed by atoms with van der Waals surface area (Å²) in [4.78, 5) is 0. The van der Waals surface area contributed by atoms with Gasteiger partial charge in [0.15, 0.2) is 0 Å². The number of nitriles is 3. The number of rotatable bonds is 4. The van der Waals surface area contributed by atoms with E-state index in [2.05, 4.69) is 15.5 Å². The minimum absolute atomic E-state index is 0.206. The second kappa shape index (κ2) is 10.4. The van der Waals surface area contributed by atoms with Gasteiger partial charge in [-0.3, -0.25) is 0 Å². The van der Waals surface area contributed by atoms with E-state index in [1.165, 1.54) is 24.3 Å². The van der Waals surface area contributed by atoms with Crippen LogP contribution < -0.4 is 9.47 Å². The maximum atomic E-state index is 12.9. The van der Waals surface area contributed by atoms with Crippen molar-refractivity contribution in [2.45, 2.75) is 36.4 Å². The average Bonchev–Trinajstić information content (AvgIpc) is 3.48. The van der Waals surface area contributed by atoms with Gasteiger partial charge in [-0.15, -0.1) is 26.3 Å². The van der Waals surface area contributed by atoms with Crippen molar-refractivity contribution in [2.24, 2.45) is 0 Å². The Morgan fingerprint density at radius 1 is 0.614 bits per heavy atom. The van der Waals surface area contributed by atoms with Gasteiger partial charge in [-0.25, -0.2) is 0 Å². The van der Waals surface area contributed by atoms with Crippen molar-refractivity contribution in [3.05, 3.63) is 118 Å². The van der Waals surface area contributed by atoms with Crippen LogP contribution in [0.1, 0.15) is 51.5 Å². The number of benzene rings is 4. The molecule has 2 aliphatic rings. The molecule has 4 aromatic rings. The van der Waals surface area contributed by atoms with Crippen molar-refractivity contribution < 1.29 is 35.8 Å². The summed E-state index contributed by atoms with van der Waals surface area (Å²) in [5.74, 6) is -3.13. The van der Waals surface area contributed by atoms with Crippen LogP contribution in [0.15, 0.2) is 90.0 Å². The molecule has 6 rings (SSSR count). The van der Waals surface area contributed by atoms with E-state index in [9.17, 15) is 42.1 Å². The van der Waals surface area contributed by atoms with Crippen molar-refractivity contribution in [1.29, 1.82) is 15.8 Å². The van der Waals surface area contributed by atoms with E-state index in [0.29, 0.717) is 27.6 Å². The molecule has 0 aromatic heterocycles. The lowest BCUT2D eigenvalue weighted by atomic mass is 9.79. The highest BCUT2D eigenvalue weighted by Gasteiger charge is 2.54. The molecule has 4 aromatic carbocycles. The SMILES string of the molecule is N#CC(C#N)=C1C(c2ccc(OC(F)(F)F)cc2)C2c3cccc4c(C#N)ccc(c34)C2C1c1ccc(OC(F)(F)F)cc1. The smallest absolute Gasteiger partial charge is 0.406 e. The molecule has 1 saturated carbocycles. The first-order valence-corrected chi connectivity index (χ1v) is 13.2. The Hall–Kier alpha value is -5.47. The molecule has 218 valence electrons. The highest BCUT2D eigenvalue weighted by atomic mass is 19.4. The summed E-state index contributed by atoms with van der Waals surface area (Å²) >= 11 is 0. The van der Waals surface area contributed by atoms with Gasteiger partial charge in [-0.05, 0) is 63.5 Å². The summed E-state index contributed by atoms with van der Waals surface area (Å²) in [5.41, 5.74) is 3.30. The lowest BCUT2D eigenvalue weighted by molar-refractivity contribution is -0.275. The van der Waals surface area contributed by atoms with E-state index in [1.54, 1.807) is 12.1 Å². The molecule has 0 aliphatic heterocycles. The van der Waals surface area contributed by atoms with Crippen LogP contribution in [0.25, 0.3) is 10.8 Å². The van der Waals surface area contributed by atoms with E-state index in [-0.39, 0.29) is 5.57 Å². The van der Waals surface area contributed by atoms with E-state index < -0.39 is 47.9 Å². The molecule has 0 bridgehead atoms. The molecule has 0 radical (unpaired) electrons. The number of fused-ring (bicyclic) bond motifs is 3. The van der Waals surface area contributed by atoms with Gasteiger partial charge in [0.2, 0.25) is 0 Å². The zero-order valence-electron chi connectivity index (χ0n) is 22.2. The van der Waals surface area contributed by atoms with Crippen molar-refractivity contribution in [3.8, 4) is 29.7 Å². The van der Waals surface area contributed by atoms with Gasteiger partial charge >= 0.3 is 12.7 Å². The van der Waals surface area contributed by atoms with Crippen molar-refractivity contribution in [3.63, 3.8) is 0 Å². The number of alkyl halides is 6. The molecule has 2 aliphatic carbocycles. The van der Waals surface area contributed by atoms with Crippen LogP contribution in [0, 0.1) is 34.0 Å². The number of nitrogens with zero attached hydrogens (tertiary/aromatic N) is 3. The Morgan fingerprint density at radius 3 is 1.52 bits per heavy atom. The van der Waals surface area contributed by atoms with Gasteiger partial charge in [0, 0.05) is 29.1 Å². The topological polar surface area (TPSA) is 89.8 Å².